The predicted molar refractivity (Wildman–Crippen MR) is 188 cm³/mol. The topological polar surface area (TPSA) is 0 Å². The number of hydrogen-bond donors (Lipinski definition) is 0. The van der Waals surface area contributed by atoms with Gasteiger partial charge in [-0.05, 0) is 77.3 Å². The van der Waals surface area contributed by atoms with Crippen LogP contribution in [0.15, 0.2) is 158 Å². The molecule has 0 nitrogen and oxygen atoms in total. The summed E-state index contributed by atoms with van der Waals surface area (Å²) in [5.41, 5.74) is 9.09. The molecule has 6 aromatic rings. The van der Waals surface area contributed by atoms with Crippen LogP contribution in [0.4, 0.5) is 0 Å². The number of allylic oxidation sites excluding steroid dienone is 8. The molecule has 0 heteroatoms. The van der Waals surface area contributed by atoms with E-state index in [1.807, 2.05) is 12.2 Å². The molecule has 0 aromatic heterocycles. The fourth-order valence-corrected chi connectivity index (χ4v) is 6.74. The lowest BCUT2D eigenvalue weighted by Crippen LogP contribution is -2.14. The van der Waals surface area contributed by atoms with Crippen molar-refractivity contribution in [2.24, 2.45) is 0 Å². The Morgan fingerprint density at radius 2 is 1.33 bits per heavy atom. The van der Waals surface area contributed by atoms with E-state index < -0.39 is 0 Å². The van der Waals surface area contributed by atoms with Gasteiger partial charge in [-0.1, -0.05) is 172 Å². The van der Waals surface area contributed by atoms with Crippen LogP contribution < -0.4 is 0 Å². The molecule has 0 saturated carbocycles. The molecule has 1 aliphatic carbocycles. The van der Waals surface area contributed by atoms with Gasteiger partial charge in [0.25, 0.3) is 0 Å². The van der Waals surface area contributed by atoms with Gasteiger partial charge in [0.15, 0.2) is 0 Å². The molecule has 0 amide bonds. The minimum atomic E-state index is 0.00146. The minimum absolute atomic E-state index is 0.00146. The van der Waals surface area contributed by atoms with Crippen LogP contribution in [-0.4, -0.2) is 0 Å². The highest BCUT2D eigenvalue weighted by Gasteiger charge is 2.34. The van der Waals surface area contributed by atoms with E-state index in [0.29, 0.717) is 0 Å². The molecule has 0 spiro atoms. The van der Waals surface area contributed by atoms with Crippen LogP contribution in [0.1, 0.15) is 36.1 Å². The molecule has 0 fully saturated rings. The summed E-state index contributed by atoms with van der Waals surface area (Å²) in [7, 11) is 0. The van der Waals surface area contributed by atoms with Gasteiger partial charge < -0.3 is 0 Å². The summed E-state index contributed by atoms with van der Waals surface area (Å²) in [6.07, 6.45) is 16.8. The highest BCUT2D eigenvalue weighted by atomic mass is 14.4. The second kappa shape index (κ2) is 10.9. The minimum Gasteiger partial charge on any atom is -0.0991 e. The first-order valence-corrected chi connectivity index (χ1v) is 15.0. The molecule has 0 N–H and O–H groups in total. The normalized spacial score (nSPS) is 14.4. The van der Waals surface area contributed by atoms with Crippen LogP contribution in [0.2, 0.25) is 0 Å². The van der Waals surface area contributed by atoms with Gasteiger partial charge in [-0.25, -0.2) is 0 Å². The van der Waals surface area contributed by atoms with E-state index in [0.717, 1.165) is 5.57 Å². The Kier molecular flexibility index (Phi) is 6.76. The fraction of sp³-hybridized carbons (Fsp3) is 0.0698. The Bertz CT molecular complexity index is 2160. The summed E-state index contributed by atoms with van der Waals surface area (Å²) in [5.74, 6) is 0. The average molecular weight is 551 g/mol. The van der Waals surface area contributed by atoms with Crippen molar-refractivity contribution in [3.63, 3.8) is 0 Å². The third kappa shape index (κ3) is 4.66. The summed E-state index contributed by atoms with van der Waals surface area (Å²) < 4.78 is 0. The molecular formula is C43H34. The SMILES string of the molecule is C=CC=CC=C(C=CC=Cc1ccc2c(c1)C(C)(C)c1ccccc1-2)c1cc2ccc3ccccc3c2c2ccccc12. The van der Waals surface area contributed by atoms with Gasteiger partial charge in [0.1, 0.15) is 0 Å². The van der Waals surface area contributed by atoms with Gasteiger partial charge in [-0.15, -0.1) is 0 Å². The lowest BCUT2D eigenvalue weighted by atomic mass is 9.82. The maximum Gasteiger partial charge on any atom is 0.0159 e. The smallest absolute Gasteiger partial charge is 0.0159 e. The first-order valence-electron chi connectivity index (χ1n) is 15.0. The molecule has 0 saturated heterocycles. The van der Waals surface area contributed by atoms with E-state index in [1.165, 1.54) is 65.7 Å². The molecule has 0 radical (unpaired) electrons. The number of rotatable bonds is 6. The number of benzene rings is 6. The van der Waals surface area contributed by atoms with E-state index in [-0.39, 0.29) is 5.41 Å². The van der Waals surface area contributed by atoms with Crippen LogP contribution in [0.25, 0.3) is 55.1 Å². The third-order valence-corrected chi connectivity index (χ3v) is 8.86. The van der Waals surface area contributed by atoms with Gasteiger partial charge in [0, 0.05) is 5.41 Å². The van der Waals surface area contributed by atoms with Crippen LogP contribution in [-0.2, 0) is 5.41 Å². The van der Waals surface area contributed by atoms with E-state index in [2.05, 4.69) is 166 Å². The monoisotopic (exact) mass is 550 g/mol. The maximum absolute atomic E-state index is 3.86. The lowest BCUT2D eigenvalue weighted by molar-refractivity contribution is 0.660. The molecule has 7 rings (SSSR count). The first-order chi connectivity index (χ1) is 21.1. The van der Waals surface area contributed by atoms with Crippen molar-refractivity contribution < 1.29 is 0 Å². The zero-order valence-electron chi connectivity index (χ0n) is 24.7. The van der Waals surface area contributed by atoms with E-state index in [4.69, 9.17) is 0 Å². The van der Waals surface area contributed by atoms with Crippen molar-refractivity contribution in [2.45, 2.75) is 19.3 Å². The Balaban J connectivity index is 1.28. The highest BCUT2D eigenvalue weighted by molar-refractivity contribution is 6.22. The number of fused-ring (bicyclic) bond motifs is 8. The molecule has 0 atom stereocenters. The predicted octanol–water partition coefficient (Wildman–Crippen LogP) is 11.8. The second-order valence-corrected chi connectivity index (χ2v) is 11.8. The quantitative estimate of drug-likeness (QED) is 0.143. The van der Waals surface area contributed by atoms with Crippen LogP contribution in [0, 0.1) is 0 Å². The van der Waals surface area contributed by atoms with Crippen molar-refractivity contribution in [2.75, 3.05) is 0 Å². The van der Waals surface area contributed by atoms with E-state index >= 15 is 0 Å². The van der Waals surface area contributed by atoms with E-state index in [1.54, 1.807) is 0 Å². The second-order valence-electron chi connectivity index (χ2n) is 11.8. The summed E-state index contributed by atoms with van der Waals surface area (Å²) >= 11 is 0. The van der Waals surface area contributed by atoms with Crippen LogP contribution in [0.5, 0.6) is 0 Å². The zero-order valence-corrected chi connectivity index (χ0v) is 24.7. The fourth-order valence-electron chi connectivity index (χ4n) is 6.74. The van der Waals surface area contributed by atoms with Crippen molar-refractivity contribution in [3.05, 3.63) is 181 Å². The van der Waals surface area contributed by atoms with Crippen molar-refractivity contribution >= 4 is 44.0 Å². The summed E-state index contributed by atoms with van der Waals surface area (Å²) in [4.78, 5) is 0. The summed E-state index contributed by atoms with van der Waals surface area (Å²) in [6, 6.07) is 39.9. The van der Waals surface area contributed by atoms with Crippen LogP contribution in [0.3, 0.4) is 0 Å². The third-order valence-electron chi connectivity index (χ3n) is 8.86. The van der Waals surface area contributed by atoms with Gasteiger partial charge in [-0.2, -0.15) is 0 Å². The summed E-state index contributed by atoms with van der Waals surface area (Å²) in [5, 5.41) is 7.64. The molecular weight excluding hydrogens is 516 g/mol. The van der Waals surface area contributed by atoms with Gasteiger partial charge >= 0.3 is 0 Å². The van der Waals surface area contributed by atoms with Crippen molar-refractivity contribution in [1.82, 2.24) is 0 Å². The van der Waals surface area contributed by atoms with Crippen molar-refractivity contribution in [3.8, 4) is 11.1 Å². The van der Waals surface area contributed by atoms with Gasteiger partial charge in [0.05, 0.1) is 0 Å². The standard InChI is InChI=1S/C43H34/c1-4-5-6-16-31(17-8-7-15-30-24-27-37-36-21-13-14-23-40(36)43(2,3)41(37)28-30)39-29-33-26-25-32-18-9-10-19-34(32)42(33)38-22-12-11-20-35(38)39/h4-29H,1H2,2-3H3. The largest absolute Gasteiger partial charge is 0.0991 e. The Hall–Kier alpha value is -5.20. The molecule has 0 heterocycles. The Morgan fingerprint density at radius 3 is 2.19 bits per heavy atom. The van der Waals surface area contributed by atoms with E-state index in [9.17, 15) is 0 Å². The molecule has 1 aliphatic rings. The van der Waals surface area contributed by atoms with Crippen LogP contribution >= 0.6 is 0 Å². The summed E-state index contributed by atoms with van der Waals surface area (Å²) in [6.45, 7) is 8.52. The average Bonchev–Trinajstić information content (AvgIpc) is 3.27. The zero-order chi connectivity index (χ0) is 29.4. The molecule has 206 valence electrons. The maximum atomic E-state index is 3.86. The molecule has 6 aromatic carbocycles. The molecule has 0 bridgehead atoms. The Labute approximate surface area is 254 Å². The molecule has 43 heavy (non-hydrogen) atoms. The van der Waals surface area contributed by atoms with Gasteiger partial charge in [0.2, 0.25) is 0 Å². The Morgan fingerprint density at radius 1 is 0.605 bits per heavy atom. The first kappa shape index (κ1) is 26.7. The van der Waals surface area contributed by atoms with Gasteiger partial charge in [-0.3, -0.25) is 0 Å². The molecule has 0 unspecified atom stereocenters. The van der Waals surface area contributed by atoms with Crippen molar-refractivity contribution in [1.29, 1.82) is 0 Å². The lowest BCUT2D eigenvalue weighted by Gasteiger charge is -2.21. The highest BCUT2D eigenvalue weighted by Crippen LogP contribution is 2.48. The molecule has 0 aliphatic heterocycles. The number of hydrogen-bond acceptors (Lipinski definition) is 0.